The highest BCUT2D eigenvalue weighted by molar-refractivity contribution is 5.56. The lowest BCUT2D eigenvalue weighted by molar-refractivity contribution is 0.163. The molecule has 3 aliphatic rings. The van der Waals surface area contributed by atoms with E-state index in [2.05, 4.69) is 69.3 Å². The van der Waals surface area contributed by atoms with Crippen molar-refractivity contribution in [3.8, 4) is 0 Å². The lowest BCUT2D eigenvalue weighted by Crippen LogP contribution is -2.56. The first-order valence-corrected chi connectivity index (χ1v) is 11.2. The molecule has 0 spiro atoms. The van der Waals surface area contributed by atoms with Gasteiger partial charge >= 0.3 is 0 Å². The topological polar surface area (TPSA) is 9.72 Å². The Balaban J connectivity index is 1.34. The fourth-order valence-electron chi connectivity index (χ4n) is 5.60. The zero-order valence-electron chi connectivity index (χ0n) is 17.0. The van der Waals surface area contributed by atoms with Gasteiger partial charge in [0.1, 0.15) is 0 Å². The predicted octanol–water partition coefficient (Wildman–Crippen LogP) is 4.38. The molecular formula is C25H33N3. The van der Waals surface area contributed by atoms with Crippen LogP contribution in [0.15, 0.2) is 54.6 Å². The molecule has 1 saturated heterocycles. The molecular weight excluding hydrogens is 342 g/mol. The number of benzene rings is 2. The van der Waals surface area contributed by atoms with E-state index in [9.17, 15) is 0 Å². The molecule has 0 amide bonds. The van der Waals surface area contributed by atoms with Crippen LogP contribution >= 0.6 is 0 Å². The molecule has 148 valence electrons. The summed E-state index contributed by atoms with van der Waals surface area (Å²) in [6, 6.07) is 20.7. The Morgan fingerprint density at radius 2 is 1.54 bits per heavy atom. The second-order valence-electron chi connectivity index (χ2n) is 9.04. The molecule has 0 radical (unpaired) electrons. The first-order valence-electron chi connectivity index (χ1n) is 11.2. The second-order valence-corrected chi connectivity index (χ2v) is 9.04. The van der Waals surface area contributed by atoms with Gasteiger partial charge in [0.05, 0.1) is 6.04 Å². The molecule has 28 heavy (non-hydrogen) atoms. The summed E-state index contributed by atoms with van der Waals surface area (Å²) in [4.78, 5) is 8.15. The van der Waals surface area contributed by atoms with Crippen LogP contribution in [0.5, 0.6) is 0 Å². The van der Waals surface area contributed by atoms with Crippen LogP contribution in [0, 0.1) is 5.92 Å². The molecule has 5 rings (SSSR count). The molecule has 1 unspecified atom stereocenters. The molecule has 3 nitrogen and oxygen atoms in total. The first kappa shape index (κ1) is 18.2. The van der Waals surface area contributed by atoms with Gasteiger partial charge in [0.15, 0.2) is 0 Å². The number of nitrogens with zero attached hydrogens (tertiary/aromatic N) is 3. The monoisotopic (exact) mass is 375 g/mol. The van der Waals surface area contributed by atoms with Gasteiger partial charge in [-0.3, -0.25) is 9.80 Å². The Hall–Kier alpha value is -1.84. The smallest absolute Gasteiger partial charge is 0.0545 e. The van der Waals surface area contributed by atoms with Gasteiger partial charge in [-0.1, -0.05) is 61.4 Å². The molecule has 2 aromatic carbocycles. The zero-order chi connectivity index (χ0) is 18.8. The number of hydrogen-bond donors (Lipinski definition) is 0. The Morgan fingerprint density at radius 3 is 2.39 bits per heavy atom. The molecule has 0 bridgehead atoms. The number of para-hydroxylation sites is 1. The lowest BCUT2D eigenvalue weighted by Gasteiger charge is -2.43. The molecule has 2 aromatic rings. The summed E-state index contributed by atoms with van der Waals surface area (Å²) in [5.74, 6) is 0.919. The van der Waals surface area contributed by atoms with Gasteiger partial charge in [0.2, 0.25) is 0 Å². The van der Waals surface area contributed by atoms with Gasteiger partial charge in [0, 0.05) is 51.5 Å². The van der Waals surface area contributed by atoms with E-state index in [0.717, 1.165) is 32.1 Å². The van der Waals surface area contributed by atoms with E-state index < -0.39 is 0 Å². The highest BCUT2D eigenvalue weighted by Gasteiger charge is 2.33. The van der Waals surface area contributed by atoms with Crippen LogP contribution in [0.3, 0.4) is 0 Å². The zero-order valence-corrected chi connectivity index (χ0v) is 17.0. The van der Waals surface area contributed by atoms with E-state index in [1.807, 2.05) is 0 Å². The first-order chi connectivity index (χ1) is 13.8. The Morgan fingerprint density at radius 1 is 0.786 bits per heavy atom. The van der Waals surface area contributed by atoms with Crippen LogP contribution in [0.4, 0.5) is 5.69 Å². The summed E-state index contributed by atoms with van der Waals surface area (Å²) < 4.78 is 0. The molecule has 3 heteroatoms. The average molecular weight is 376 g/mol. The highest BCUT2D eigenvalue weighted by atomic mass is 15.3. The van der Waals surface area contributed by atoms with Crippen molar-refractivity contribution in [1.29, 1.82) is 0 Å². The third-order valence-electron chi connectivity index (χ3n) is 6.97. The Kier molecular flexibility index (Phi) is 5.37. The van der Waals surface area contributed by atoms with Crippen molar-refractivity contribution >= 4 is 5.69 Å². The number of piperazine rings is 1. The van der Waals surface area contributed by atoms with E-state index in [-0.39, 0.29) is 0 Å². The van der Waals surface area contributed by atoms with Crippen molar-refractivity contribution in [1.82, 2.24) is 9.80 Å². The Labute approximate surface area is 169 Å². The van der Waals surface area contributed by atoms with Crippen molar-refractivity contribution in [2.45, 2.75) is 44.8 Å². The number of rotatable bonds is 4. The van der Waals surface area contributed by atoms with Crippen molar-refractivity contribution in [2.24, 2.45) is 5.92 Å². The second kappa shape index (κ2) is 8.26. The maximum atomic E-state index is 2.77. The van der Waals surface area contributed by atoms with Gasteiger partial charge in [-0.2, -0.15) is 0 Å². The van der Waals surface area contributed by atoms with Gasteiger partial charge in [-0.25, -0.2) is 0 Å². The molecule has 0 aromatic heterocycles. The average Bonchev–Trinajstić information content (AvgIpc) is 3.17. The minimum Gasteiger partial charge on any atom is -0.364 e. The molecule has 1 atom stereocenters. The van der Waals surface area contributed by atoms with Crippen LogP contribution in [0.25, 0.3) is 0 Å². The van der Waals surface area contributed by atoms with Crippen molar-refractivity contribution in [3.63, 3.8) is 0 Å². The van der Waals surface area contributed by atoms with Gasteiger partial charge in [0.25, 0.3) is 0 Å². The number of fused-ring (bicyclic) bond motifs is 3. The summed E-state index contributed by atoms with van der Waals surface area (Å²) in [6.07, 6.45) is 5.75. The van der Waals surface area contributed by atoms with E-state index >= 15 is 0 Å². The maximum Gasteiger partial charge on any atom is 0.0545 e. The Bertz CT molecular complexity index is 768. The van der Waals surface area contributed by atoms with Crippen LogP contribution in [-0.2, 0) is 13.1 Å². The van der Waals surface area contributed by atoms with Crippen molar-refractivity contribution < 1.29 is 0 Å². The summed E-state index contributed by atoms with van der Waals surface area (Å²) in [5, 5.41) is 0. The molecule has 2 fully saturated rings. The molecule has 1 saturated carbocycles. The van der Waals surface area contributed by atoms with E-state index in [1.54, 1.807) is 0 Å². The van der Waals surface area contributed by atoms with Gasteiger partial charge in [-0.05, 0) is 36.0 Å². The van der Waals surface area contributed by atoms with Crippen molar-refractivity contribution in [3.05, 3.63) is 65.7 Å². The number of hydrogen-bond acceptors (Lipinski definition) is 3. The van der Waals surface area contributed by atoms with E-state index in [0.29, 0.717) is 6.04 Å². The minimum absolute atomic E-state index is 0.600. The fourth-order valence-corrected chi connectivity index (χ4v) is 5.60. The summed E-state index contributed by atoms with van der Waals surface area (Å²) in [5.41, 5.74) is 4.45. The highest BCUT2D eigenvalue weighted by Crippen LogP contribution is 2.32. The minimum atomic E-state index is 0.600. The third kappa shape index (κ3) is 3.97. The van der Waals surface area contributed by atoms with Gasteiger partial charge < -0.3 is 4.90 Å². The van der Waals surface area contributed by atoms with Crippen LogP contribution in [0.2, 0.25) is 0 Å². The van der Waals surface area contributed by atoms with Crippen LogP contribution < -0.4 is 4.90 Å². The summed E-state index contributed by atoms with van der Waals surface area (Å²) in [6.45, 7) is 8.17. The molecule has 1 aliphatic carbocycles. The summed E-state index contributed by atoms with van der Waals surface area (Å²) in [7, 11) is 0. The van der Waals surface area contributed by atoms with Crippen molar-refractivity contribution in [2.75, 3.05) is 37.6 Å². The fraction of sp³-hybridized carbons (Fsp3) is 0.520. The predicted molar refractivity (Wildman–Crippen MR) is 117 cm³/mol. The number of anilines is 1. The standard InChI is InChI=1S/C25H33N3/c1-2-8-21(9-3-1)16-26-14-15-28-24(19-26)20-27(17-22-10-4-5-11-22)18-23-12-6-7-13-25(23)28/h1-3,6-9,12-13,22,24H,4-5,10-11,14-20H2. The van der Waals surface area contributed by atoms with E-state index in [4.69, 9.17) is 0 Å². The van der Waals surface area contributed by atoms with Crippen LogP contribution in [-0.4, -0.2) is 48.6 Å². The maximum absolute atomic E-state index is 2.77. The van der Waals surface area contributed by atoms with E-state index in [1.165, 1.54) is 62.1 Å². The SMILES string of the molecule is c1ccc(CN2CCN3c4ccccc4CN(CC4CCCC4)CC3C2)cc1. The third-order valence-corrected chi connectivity index (χ3v) is 6.97. The van der Waals surface area contributed by atoms with Gasteiger partial charge in [-0.15, -0.1) is 0 Å². The molecule has 2 heterocycles. The van der Waals surface area contributed by atoms with Crippen LogP contribution in [0.1, 0.15) is 36.8 Å². The lowest BCUT2D eigenvalue weighted by atomic mass is 10.1. The molecule has 2 aliphatic heterocycles. The largest absolute Gasteiger partial charge is 0.364 e. The molecule has 0 N–H and O–H groups in total. The quantitative estimate of drug-likeness (QED) is 0.785. The summed E-state index contributed by atoms with van der Waals surface area (Å²) >= 11 is 0. The normalized spacial score (nSPS) is 24.0.